The molecular formula is C28H18I4. The van der Waals surface area contributed by atoms with Crippen molar-refractivity contribution in [1.29, 1.82) is 0 Å². The summed E-state index contributed by atoms with van der Waals surface area (Å²) in [4.78, 5) is 0. The topological polar surface area (TPSA) is 0 Å². The molecule has 0 nitrogen and oxygen atoms in total. The molecule has 0 saturated carbocycles. The van der Waals surface area contributed by atoms with Gasteiger partial charge in [0.1, 0.15) is 0 Å². The van der Waals surface area contributed by atoms with Crippen LogP contribution in [-0.4, -0.2) is 0 Å². The van der Waals surface area contributed by atoms with Crippen molar-refractivity contribution in [2.75, 3.05) is 0 Å². The van der Waals surface area contributed by atoms with Gasteiger partial charge in [-0.25, -0.2) is 0 Å². The Hall–Kier alpha value is -0.460. The molecule has 32 heavy (non-hydrogen) atoms. The van der Waals surface area contributed by atoms with Crippen LogP contribution in [0.15, 0.2) is 84.9 Å². The van der Waals surface area contributed by atoms with E-state index in [4.69, 9.17) is 0 Å². The zero-order valence-corrected chi connectivity index (χ0v) is 25.6. The van der Waals surface area contributed by atoms with Crippen molar-refractivity contribution in [3.63, 3.8) is 0 Å². The number of rotatable bonds is 0. The average Bonchev–Trinajstić information content (AvgIpc) is 2.78. The third-order valence-corrected chi connectivity index (χ3v) is 8.53. The van der Waals surface area contributed by atoms with Gasteiger partial charge in [0.25, 0.3) is 0 Å². The van der Waals surface area contributed by atoms with E-state index in [1.165, 1.54) is 70.9 Å². The lowest BCUT2D eigenvalue weighted by molar-refractivity contribution is 0.939. The molecule has 0 bridgehead atoms. The highest BCUT2D eigenvalue weighted by Crippen LogP contribution is 2.35. The monoisotopic (exact) mass is 862 g/mol. The third-order valence-electron chi connectivity index (χ3n) is 5.85. The lowest BCUT2D eigenvalue weighted by atomic mass is 9.86. The highest BCUT2D eigenvalue weighted by atomic mass is 127. The highest BCUT2D eigenvalue weighted by molar-refractivity contribution is 14.1. The molecule has 1 aliphatic rings. The number of hydrogen-bond donors (Lipinski definition) is 0. The minimum atomic E-state index is 1.18. The molecule has 5 aromatic carbocycles. The molecule has 0 unspecified atom stereocenters. The minimum absolute atomic E-state index is 1.18. The van der Waals surface area contributed by atoms with Crippen LogP contribution >= 0.6 is 90.4 Å². The smallest absolute Gasteiger partial charge is 0.0136 e. The summed E-state index contributed by atoms with van der Waals surface area (Å²) < 4.78 is 5.25. The third kappa shape index (κ3) is 4.98. The number of halogens is 4. The second kappa shape index (κ2) is 10.0. The first kappa shape index (κ1) is 23.3. The second-order valence-corrected chi connectivity index (χ2v) is 12.9. The van der Waals surface area contributed by atoms with Crippen molar-refractivity contribution in [1.82, 2.24) is 0 Å². The molecule has 0 spiro atoms. The summed E-state index contributed by atoms with van der Waals surface area (Å²) in [6.45, 7) is 0. The van der Waals surface area contributed by atoms with E-state index in [0.29, 0.717) is 0 Å². The lowest BCUT2D eigenvalue weighted by Gasteiger charge is -2.20. The molecule has 6 rings (SSSR count). The van der Waals surface area contributed by atoms with Gasteiger partial charge >= 0.3 is 0 Å². The summed E-state index contributed by atoms with van der Waals surface area (Å²) in [5, 5.41) is 5.32. The first-order chi connectivity index (χ1) is 15.5. The van der Waals surface area contributed by atoms with E-state index >= 15 is 0 Å². The maximum Gasteiger partial charge on any atom is 0.0136 e. The highest BCUT2D eigenvalue weighted by Gasteiger charge is 2.15. The summed E-state index contributed by atoms with van der Waals surface area (Å²) in [6, 6.07) is 31.2. The van der Waals surface area contributed by atoms with Gasteiger partial charge < -0.3 is 0 Å². The van der Waals surface area contributed by atoms with E-state index in [1.807, 2.05) is 0 Å². The number of aryl methyl sites for hydroxylation is 2. The summed E-state index contributed by atoms with van der Waals surface area (Å²) >= 11 is 9.49. The molecule has 0 saturated heterocycles. The SMILES string of the molecule is Ic1ccc2c(c1)CCc1cc(I)ccc1-2.Ic1ccc2c(ccc3cc(I)ccc32)c1. The van der Waals surface area contributed by atoms with E-state index < -0.39 is 0 Å². The number of fused-ring (bicyclic) bond motifs is 6. The van der Waals surface area contributed by atoms with Gasteiger partial charge in [-0.05, 0) is 196 Å². The predicted molar refractivity (Wildman–Crippen MR) is 172 cm³/mol. The van der Waals surface area contributed by atoms with Gasteiger partial charge in [-0.3, -0.25) is 0 Å². The molecular weight excluding hydrogens is 844 g/mol. The molecule has 158 valence electrons. The van der Waals surface area contributed by atoms with Crippen molar-refractivity contribution in [2.45, 2.75) is 12.8 Å². The quantitative estimate of drug-likeness (QED) is 0.108. The van der Waals surface area contributed by atoms with E-state index in [0.717, 1.165) is 0 Å². The van der Waals surface area contributed by atoms with Crippen LogP contribution in [0.25, 0.3) is 32.7 Å². The fraction of sp³-hybridized carbons (Fsp3) is 0.0714. The minimum Gasteiger partial charge on any atom is -0.0537 e. The van der Waals surface area contributed by atoms with Crippen molar-refractivity contribution >= 4 is 112 Å². The zero-order chi connectivity index (χ0) is 22.2. The van der Waals surface area contributed by atoms with E-state index in [-0.39, 0.29) is 0 Å². The molecule has 1 aliphatic carbocycles. The first-order valence-electron chi connectivity index (χ1n) is 10.3. The lowest BCUT2D eigenvalue weighted by Crippen LogP contribution is -2.04. The van der Waals surface area contributed by atoms with Crippen LogP contribution in [0.3, 0.4) is 0 Å². The van der Waals surface area contributed by atoms with Crippen molar-refractivity contribution in [2.24, 2.45) is 0 Å². The van der Waals surface area contributed by atoms with Gasteiger partial charge in [0.15, 0.2) is 0 Å². The number of hydrogen-bond acceptors (Lipinski definition) is 0. The maximum atomic E-state index is 2.39. The zero-order valence-electron chi connectivity index (χ0n) is 17.0. The van der Waals surface area contributed by atoms with Crippen LogP contribution in [-0.2, 0) is 12.8 Å². The molecule has 0 radical (unpaired) electrons. The largest absolute Gasteiger partial charge is 0.0537 e. The Morgan fingerprint density at radius 2 is 0.781 bits per heavy atom. The van der Waals surface area contributed by atoms with Crippen molar-refractivity contribution < 1.29 is 0 Å². The normalized spacial score (nSPS) is 12.1. The Bertz CT molecular complexity index is 1360. The van der Waals surface area contributed by atoms with Crippen LogP contribution in [0.5, 0.6) is 0 Å². The maximum absolute atomic E-state index is 2.39. The van der Waals surface area contributed by atoms with Crippen molar-refractivity contribution in [3.8, 4) is 11.1 Å². The fourth-order valence-electron chi connectivity index (χ4n) is 4.35. The molecule has 0 aromatic heterocycles. The average molecular weight is 862 g/mol. The standard InChI is InChI=1S/C14H10I2.C14H8I2/c2*15-11-3-5-13-9(7-11)1-2-10-8-12(16)4-6-14(10)13/h3-8H,1-2H2;1-8H. The van der Waals surface area contributed by atoms with Gasteiger partial charge in [0, 0.05) is 14.3 Å². The molecule has 4 heteroatoms. The molecule has 0 atom stereocenters. The summed E-state index contributed by atoms with van der Waals surface area (Å²) in [6.07, 6.45) is 2.36. The van der Waals surface area contributed by atoms with Gasteiger partial charge in [0.2, 0.25) is 0 Å². The number of benzene rings is 5. The van der Waals surface area contributed by atoms with Crippen LogP contribution in [0.4, 0.5) is 0 Å². The van der Waals surface area contributed by atoms with E-state index in [1.54, 1.807) is 0 Å². The molecule has 0 fully saturated rings. The van der Waals surface area contributed by atoms with E-state index in [9.17, 15) is 0 Å². The molecule has 0 heterocycles. The van der Waals surface area contributed by atoms with E-state index in [2.05, 4.69) is 175 Å². The van der Waals surface area contributed by atoms with Gasteiger partial charge in [-0.15, -0.1) is 0 Å². The fourth-order valence-corrected chi connectivity index (χ4v) is 6.49. The van der Waals surface area contributed by atoms with Crippen LogP contribution < -0.4 is 0 Å². The van der Waals surface area contributed by atoms with Gasteiger partial charge in [0.05, 0.1) is 0 Å². The summed E-state index contributed by atoms with van der Waals surface area (Å²) in [5.74, 6) is 0. The molecule has 0 aliphatic heterocycles. The van der Waals surface area contributed by atoms with Crippen LogP contribution in [0.1, 0.15) is 11.1 Å². The Balaban J connectivity index is 0.000000135. The Morgan fingerprint density at radius 3 is 1.22 bits per heavy atom. The first-order valence-corrected chi connectivity index (χ1v) is 14.6. The van der Waals surface area contributed by atoms with Gasteiger partial charge in [-0.2, -0.15) is 0 Å². The second-order valence-electron chi connectivity index (χ2n) is 7.90. The Morgan fingerprint density at radius 1 is 0.406 bits per heavy atom. The molecule has 5 aromatic rings. The Labute approximate surface area is 243 Å². The molecule has 0 amide bonds. The van der Waals surface area contributed by atoms with Crippen LogP contribution in [0.2, 0.25) is 0 Å². The molecule has 0 N–H and O–H groups in total. The predicted octanol–water partition coefficient (Wildman–Crippen LogP) is 9.86. The van der Waals surface area contributed by atoms with Gasteiger partial charge in [-0.1, -0.05) is 36.4 Å². The van der Waals surface area contributed by atoms with Crippen LogP contribution in [0, 0.1) is 14.3 Å². The summed E-state index contributed by atoms with van der Waals surface area (Å²) in [5.41, 5.74) is 5.86. The van der Waals surface area contributed by atoms with Crippen molar-refractivity contribution in [3.05, 3.63) is 110 Å². The summed E-state index contributed by atoms with van der Waals surface area (Å²) in [7, 11) is 0. The Kier molecular flexibility index (Phi) is 7.30.